The molecule has 0 amide bonds. The SMILES string of the molecule is c1ccc2c(CNCC3CCCCC3)c(OCC3CCCO3)ccc2c1. The van der Waals surface area contributed by atoms with Crippen LogP contribution in [0.25, 0.3) is 10.8 Å². The van der Waals surface area contributed by atoms with E-state index in [0.29, 0.717) is 6.61 Å². The number of nitrogens with one attached hydrogen (secondary N) is 1. The maximum Gasteiger partial charge on any atom is 0.124 e. The molecule has 2 aromatic carbocycles. The molecule has 4 rings (SSSR count). The average molecular weight is 354 g/mol. The molecule has 0 aromatic heterocycles. The number of hydrogen-bond donors (Lipinski definition) is 1. The van der Waals surface area contributed by atoms with Crippen molar-refractivity contribution in [2.75, 3.05) is 19.8 Å². The Kier molecular flexibility index (Phi) is 6.08. The third-order valence-corrected chi connectivity index (χ3v) is 5.91. The molecule has 0 bridgehead atoms. The van der Waals surface area contributed by atoms with Crippen LogP contribution in [-0.2, 0) is 11.3 Å². The first-order valence-corrected chi connectivity index (χ1v) is 10.4. The Labute approximate surface area is 157 Å². The fourth-order valence-corrected chi connectivity index (χ4v) is 4.38. The van der Waals surface area contributed by atoms with Crippen LogP contribution < -0.4 is 10.1 Å². The molecule has 2 aromatic rings. The highest BCUT2D eigenvalue weighted by Gasteiger charge is 2.18. The largest absolute Gasteiger partial charge is 0.491 e. The summed E-state index contributed by atoms with van der Waals surface area (Å²) in [5.74, 6) is 1.85. The smallest absolute Gasteiger partial charge is 0.124 e. The maximum atomic E-state index is 6.21. The van der Waals surface area contributed by atoms with Crippen LogP contribution in [0.5, 0.6) is 5.75 Å². The molecular formula is C23H31NO2. The molecule has 1 aliphatic carbocycles. The Morgan fingerprint density at radius 3 is 2.69 bits per heavy atom. The van der Waals surface area contributed by atoms with E-state index in [1.54, 1.807) is 0 Å². The molecule has 0 spiro atoms. The quantitative estimate of drug-likeness (QED) is 0.754. The van der Waals surface area contributed by atoms with Crippen LogP contribution in [0, 0.1) is 5.92 Å². The fourth-order valence-electron chi connectivity index (χ4n) is 4.38. The van der Waals surface area contributed by atoms with Gasteiger partial charge in [-0.15, -0.1) is 0 Å². The van der Waals surface area contributed by atoms with Crippen molar-refractivity contribution in [3.63, 3.8) is 0 Å². The van der Waals surface area contributed by atoms with Gasteiger partial charge in [-0.1, -0.05) is 49.6 Å². The number of benzene rings is 2. The fraction of sp³-hybridized carbons (Fsp3) is 0.565. The van der Waals surface area contributed by atoms with E-state index in [2.05, 4.69) is 41.7 Å². The molecule has 3 nitrogen and oxygen atoms in total. The molecule has 1 heterocycles. The standard InChI is InChI=1S/C23H31NO2/c1-2-7-18(8-3-1)15-24-16-22-21-11-5-4-9-19(21)12-13-23(22)26-17-20-10-6-14-25-20/h4-5,9,11-13,18,20,24H,1-3,6-8,10,14-17H2. The highest BCUT2D eigenvalue weighted by atomic mass is 16.5. The molecule has 1 aliphatic heterocycles. The van der Waals surface area contributed by atoms with Crippen molar-refractivity contribution >= 4 is 10.8 Å². The number of hydrogen-bond acceptors (Lipinski definition) is 3. The molecule has 3 heteroatoms. The monoisotopic (exact) mass is 353 g/mol. The zero-order valence-electron chi connectivity index (χ0n) is 15.7. The highest BCUT2D eigenvalue weighted by Crippen LogP contribution is 2.29. The van der Waals surface area contributed by atoms with Crippen molar-refractivity contribution in [3.05, 3.63) is 42.0 Å². The molecule has 26 heavy (non-hydrogen) atoms. The summed E-state index contributed by atoms with van der Waals surface area (Å²) in [6.07, 6.45) is 9.50. The van der Waals surface area contributed by atoms with Crippen LogP contribution >= 0.6 is 0 Å². The van der Waals surface area contributed by atoms with Crippen LogP contribution in [0.15, 0.2) is 36.4 Å². The van der Waals surface area contributed by atoms with E-state index < -0.39 is 0 Å². The summed E-state index contributed by atoms with van der Waals surface area (Å²) >= 11 is 0. The second-order valence-corrected chi connectivity index (χ2v) is 7.84. The summed E-state index contributed by atoms with van der Waals surface area (Å²) in [6, 6.07) is 12.9. The summed E-state index contributed by atoms with van der Waals surface area (Å²) < 4.78 is 11.9. The van der Waals surface area contributed by atoms with E-state index in [4.69, 9.17) is 9.47 Å². The van der Waals surface area contributed by atoms with Gasteiger partial charge in [-0.2, -0.15) is 0 Å². The molecule has 1 N–H and O–H groups in total. The lowest BCUT2D eigenvalue weighted by atomic mass is 9.89. The van der Waals surface area contributed by atoms with Crippen LogP contribution in [0.2, 0.25) is 0 Å². The zero-order valence-corrected chi connectivity index (χ0v) is 15.7. The molecular weight excluding hydrogens is 322 g/mol. The second kappa shape index (κ2) is 8.88. The van der Waals surface area contributed by atoms with Crippen molar-refractivity contribution in [2.45, 2.75) is 57.6 Å². The molecule has 1 saturated heterocycles. The summed E-state index contributed by atoms with van der Waals surface area (Å²) in [4.78, 5) is 0. The van der Waals surface area contributed by atoms with Crippen LogP contribution in [-0.4, -0.2) is 25.9 Å². The summed E-state index contributed by atoms with van der Waals surface area (Å²) in [5, 5.41) is 6.30. The summed E-state index contributed by atoms with van der Waals surface area (Å²) in [7, 11) is 0. The van der Waals surface area contributed by atoms with E-state index in [9.17, 15) is 0 Å². The summed E-state index contributed by atoms with van der Waals surface area (Å²) in [6.45, 7) is 3.53. The normalized spacial score (nSPS) is 21.3. The molecule has 1 atom stereocenters. The first-order chi connectivity index (χ1) is 12.9. The molecule has 1 saturated carbocycles. The average Bonchev–Trinajstić information content (AvgIpc) is 3.21. The van der Waals surface area contributed by atoms with Gasteiger partial charge in [-0.05, 0) is 55.0 Å². The third-order valence-electron chi connectivity index (χ3n) is 5.91. The lowest BCUT2D eigenvalue weighted by Crippen LogP contribution is -2.24. The predicted molar refractivity (Wildman–Crippen MR) is 107 cm³/mol. The first-order valence-electron chi connectivity index (χ1n) is 10.4. The first kappa shape index (κ1) is 17.8. The minimum Gasteiger partial charge on any atom is -0.491 e. The predicted octanol–water partition coefficient (Wildman–Crippen LogP) is 5.07. The van der Waals surface area contributed by atoms with E-state index in [0.717, 1.165) is 44.2 Å². The van der Waals surface area contributed by atoms with E-state index in [-0.39, 0.29) is 6.10 Å². The Bertz CT molecular complexity index is 702. The topological polar surface area (TPSA) is 30.5 Å². The number of fused-ring (bicyclic) bond motifs is 1. The van der Waals surface area contributed by atoms with Crippen LogP contribution in [0.4, 0.5) is 0 Å². The Morgan fingerprint density at radius 1 is 0.962 bits per heavy atom. The van der Waals surface area contributed by atoms with Crippen molar-refractivity contribution in [1.82, 2.24) is 5.32 Å². The summed E-state index contributed by atoms with van der Waals surface area (Å²) in [5.41, 5.74) is 1.29. The maximum absolute atomic E-state index is 6.21. The van der Waals surface area contributed by atoms with Gasteiger partial charge in [0.1, 0.15) is 12.4 Å². The molecule has 1 unspecified atom stereocenters. The number of rotatable bonds is 7. The van der Waals surface area contributed by atoms with Gasteiger partial charge in [-0.3, -0.25) is 0 Å². The van der Waals surface area contributed by atoms with Gasteiger partial charge < -0.3 is 14.8 Å². The molecule has 140 valence electrons. The minimum atomic E-state index is 0.254. The number of ether oxygens (including phenoxy) is 2. The van der Waals surface area contributed by atoms with Gasteiger partial charge in [0.15, 0.2) is 0 Å². The van der Waals surface area contributed by atoms with Gasteiger partial charge in [0.2, 0.25) is 0 Å². The van der Waals surface area contributed by atoms with Gasteiger partial charge >= 0.3 is 0 Å². The van der Waals surface area contributed by atoms with E-state index in [1.165, 1.54) is 48.4 Å². The van der Waals surface area contributed by atoms with E-state index >= 15 is 0 Å². The third kappa shape index (κ3) is 4.39. The molecule has 2 fully saturated rings. The van der Waals surface area contributed by atoms with Gasteiger partial charge in [0.25, 0.3) is 0 Å². The minimum absolute atomic E-state index is 0.254. The molecule has 2 aliphatic rings. The van der Waals surface area contributed by atoms with E-state index in [1.807, 2.05) is 0 Å². The lowest BCUT2D eigenvalue weighted by molar-refractivity contribution is 0.0676. The van der Waals surface area contributed by atoms with Crippen molar-refractivity contribution in [1.29, 1.82) is 0 Å². The van der Waals surface area contributed by atoms with Crippen molar-refractivity contribution in [2.24, 2.45) is 5.92 Å². The van der Waals surface area contributed by atoms with Gasteiger partial charge in [0.05, 0.1) is 6.10 Å². The van der Waals surface area contributed by atoms with Gasteiger partial charge in [-0.25, -0.2) is 0 Å². The van der Waals surface area contributed by atoms with Crippen molar-refractivity contribution in [3.8, 4) is 5.75 Å². The van der Waals surface area contributed by atoms with Crippen LogP contribution in [0.1, 0.15) is 50.5 Å². The highest BCUT2D eigenvalue weighted by molar-refractivity contribution is 5.87. The Balaban J connectivity index is 1.46. The van der Waals surface area contributed by atoms with Crippen molar-refractivity contribution < 1.29 is 9.47 Å². The molecule has 0 radical (unpaired) electrons. The Morgan fingerprint density at radius 2 is 1.85 bits per heavy atom. The van der Waals surface area contributed by atoms with Gasteiger partial charge in [0, 0.05) is 18.7 Å². The lowest BCUT2D eigenvalue weighted by Gasteiger charge is -2.22. The Hall–Kier alpha value is -1.58. The second-order valence-electron chi connectivity index (χ2n) is 7.84. The van der Waals surface area contributed by atoms with Crippen LogP contribution in [0.3, 0.4) is 0 Å². The zero-order chi connectivity index (χ0) is 17.6.